The molecule has 76 valence electrons. The number of hydrogen-bond donors (Lipinski definition) is 1. The predicted octanol–water partition coefficient (Wildman–Crippen LogP) is 1.90. The third kappa shape index (κ3) is 1.80. The van der Waals surface area contributed by atoms with Crippen molar-refractivity contribution >= 4 is 28.1 Å². The van der Waals surface area contributed by atoms with Gasteiger partial charge in [-0.05, 0) is 6.92 Å². The maximum Gasteiger partial charge on any atom is 0.194 e. The Hall–Kier alpha value is -0.520. The summed E-state index contributed by atoms with van der Waals surface area (Å²) in [7, 11) is 0. The van der Waals surface area contributed by atoms with Crippen molar-refractivity contribution in [1.29, 1.82) is 0 Å². The van der Waals surface area contributed by atoms with Gasteiger partial charge in [0.1, 0.15) is 0 Å². The average molecular weight is 227 g/mol. The fraction of sp³-hybridized carbons (Fsp3) is 0.444. The van der Waals surface area contributed by atoms with E-state index in [-0.39, 0.29) is 0 Å². The quantitative estimate of drug-likeness (QED) is 0.811. The van der Waals surface area contributed by atoms with Crippen molar-refractivity contribution in [3.05, 3.63) is 23.0 Å². The predicted molar refractivity (Wildman–Crippen MR) is 63.0 cm³/mol. The van der Waals surface area contributed by atoms with Gasteiger partial charge < -0.3 is 5.73 Å². The van der Waals surface area contributed by atoms with E-state index in [0.717, 1.165) is 28.7 Å². The van der Waals surface area contributed by atoms with E-state index in [1.165, 1.54) is 5.69 Å². The Balaban J connectivity index is 2.21. The van der Waals surface area contributed by atoms with E-state index in [0.29, 0.717) is 0 Å². The zero-order valence-electron chi connectivity index (χ0n) is 8.06. The minimum absolute atomic E-state index is 0.745. The molecule has 2 rings (SSSR count). The molecular formula is C9H13N3S2. The Morgan fingerprint density at radius 2 is 2.50 bits per heavy atom. The molecule has 0 aromatic carbocycles. The molecule has 0 saturated heterocycles. The van der Waals surface area contributed by atoms with Gasteiger partial charge in [0, 0.05) is 29.6 Å². The number of aromatic nitrogens is 2. The second-order valence-corrected chi connectivity index (χ2v) is 5.02. The van der Waals surface area contributed by atoms with Crippen LogP contribution in [0.4, 0.5) is 0 Å². The average Bonchev–Trinajstić information content (AvgIpc) is 2.69. The zero-order valence-corrected chi connectivity index (χ0v) is 9.70. The number of nitrogens with two attached hydrogens (primary N) is 1. The van der Waals surface area contributed by atoms with E-state index < -0.39 is 0 Å². The molecule has 0 radical (unpaired) electrons. The molecule has 0 saturated carbocycles. The molecule has 0 aliphatic rings. The summed E-state index contributed by atoms with van der Waals surface area (Å²) < 4.78 is 2.17. The number of thioether (sulfide) groups is 1. The van der Waals surface area contributed by atoms with Gasteiger partial charge in [0.15, 0.2) is 4.96 Å². The van der Waals surface area contributed by atoms with E-state index in [1.54, 1.807) is 11.3 Å². The highest BCUT2D eigenvalue weighted by Crippen LogP contribution is 2.20. The molecule has 3 nitrogen and oxygen atoms in total. The molecule has 0 amide bonds. The van der Waals surface area contributed by atoms with Crippen LogP contribution in [-0.2, 0) is 5.75 Å². The van der Waals surface area contributed by atoms with E-state index in [2.05, 4.69) is 27.9 Å². The molecule has 0 fully saturated rings. The molecule has 0 bridgehead atoms. The minimum Gasteiger partial charge on any atom is -0.330 e. The van der Waals surface area contributed by atoms with E-state index >= 15 is 0 Å². The molecule has 2 N–H and O–H groups in total. The van der Waals surface area contributed by atoms with Crippen LogP contribution in [-0.4, -0.2) is 21.7 Å². The van der Waals surface area contributed by atoms with Gasteiger partial charge in [-0.2, -0.15) is 11.8 Å². The van der Waals surface area contributed by atoms with Gasteiger partial charge in [-0.3, -0.25) is 4.40 Å². The van der Waals surface area contributed by atoms with Gasteiger partial charge in [-0.25, -0.2) is 4.98 Å². The van der Waals surface area contributed by atoms with Crippen molar-refractivity contribution in [2.45, 2.75) is 12.7 Å². The van der Waals surface area contributed by atoms with Crippen LogP contribution < -0.4 is 5.73 Å². The van der Waals surface area contributed by atoms with Crippen molar-refractivity contribution in [2.75, 3.05) is 12.3 Å². The van der Waals surface area contributed by atoms with Crippen LogP contribution in [0.1, 0.15) is 11.4 Å². The summed E-state index contributed by atoms with van der Waals surface area (Å²) in [6.07, 6.45) is 2.08. The van der Waals surface area contributed by atoms with Gasteiger partial charge in [0.25, 0.3) is 0 Å². The number of hydrogen-bond acceptors (Lipinski definition) is 4. The lowest BCUT2D eigenvalue weighted by Gasteiger charge is -1.99. The lowest BCUT2D eigenvalue weighted by molar-refractivity contribution is 1.08. The molecule has 5 heteroatoms. The van der Waals surface area contributed by atoms with Crippen molar-refractivity contribution in [3.8, 4) is 0 Å². The Bertz CT molecular complexity index is 419. The minimum atomic E-state index is 0.745. The molecule has 0 spiro atoms. The van der Waals surface area contributed by atoms with Gasteiger partial charge in [-0.15, -0.1) is 11.3 Å². The Morgan fingerprint density at radius 3 is 3.29 bits per heavy atom. The summed E-state index contributed by atoms with van der Waals surface area (Å²) in [5.41, 5.74) is 7.90. The standard InChI is InChI=1S/C9H13N3S2/c1-7-8(6-13-4-2-10)12-3-5-14-9(12)11-7/h3,5H,2,4,6,10H2,1H3. The Kier molecular flexibility index (Phi) is 3.10. The molecule has 2 aromatic rings. The molecule has 2 aromatic heterocycles. The fourth-order valence-corrected chi connectivity index (χ4v) is 3.00. The summed E-state index contributed by atoms with van der Waals surface area (Å²) in [4.78, 5) is 5.58. The van der Waals surface area contributed by atoms with Crippen LogP contribution >= 0.6 is 23.1 Å². The molecule has 0 atom stereocenters. The first-order chi connectivity index (χ1) is 6.83. The van der Waals surface area contributed by atoms with E-state index in [4.69, 9.17) is 5.73 Å². The molecular weight excluding hydrogens is 214 g/mol. The number of nitrogens with zero attached hydrogens (tertiary/aromatic N) is 2. The van der Waals surface area contributed by atoms with Crippen LogP contribution in [0.25, 0.3) is 4.96 Å². The van der Waals surface area contributed by atoms with Crippen LogP contribution in [0.2, 0.25) is 0 Å². The lowest BCUT2D eigenvalue weighted by Crippen LogP contribution is -2.02. The highest BCUT2D eigenvalue weighted by molar-refractivity contribution is 7.98. The maximum atomic E-state index is 5.46. The molecule has 14 heavy (non-hydrogen) atoms. The summed E-state index contributed by atoms with van der Waals surface area (Å²) in [6, 6.07) is 0. The molecule has 0 aliphatic carbocycles. The fourth-order valence-electron chi connectivity index (χ4n) is 1.37. The Labute approximate surface area is 91.3 Å². The van der Waals surface area contributed by atoms with Crippen molar-refractivity contribution < 1.29 is 0 Å². The number of aryl methyl sites for hydroxylation is 1. The smallest absolute Gasteiger partial charge is 0.194 e. The molecule has 0 aliphatic heterocycles. The van der Waals surface area contributed by atoms with Gasteiger partial charge in [0.05, 0.1) is 11.4 Å². The molecule has 0 unspecified atom stereocenters. The van der Waals surface area contributed by atoms with Gasteiger partial charge in [0.2, 0.25) is 0 Å². The summed E-state index contributed by atoms with van der Waals surface area (Å²) in [5, 5.41) is 2.07. The monoisotopic (exact) mass is 227 g/mol. The maximum absolute atomic E-state index is 5.46. The SMILES string of the molecule is Cc1nc2sccn2c1CSCCN. The third-order valence-corrected chi connectivity index (χ3v) is 3.82. The highest BCUT2D eigenvalue weighted by atomic mass is 32.2. The normalized spacial score (nSPS) is 11.3. The van der Waals surface area contributed by atoms with Crippen molar-refractivity contribution in [3.63, 3.8) is 0 Å². The van der Waals surface area contributed by atoms with Crippen molar-refractivity contribution in [2.24, 2.45) is 5.73 Å². The lowest BCUT2D eigenvalue weighted by atomic mass is 10.4. The second kappa shape index (κ2) is 4.33. The summed E-state index contributed by atoms with van der Waals surface area (Å²) in [5.74, 6) is 2.01. The first-order valence-electron chi connectivity index (χ1n) is 4.51. The largest absolute Gasteiger partial charge is 0.330 e. The first-order valence-corrected chi connectivity index (χ1v) is 6.55. The van der Waals surface area contributed by atoms with E-state index in [1.807, 2.05) is 11.8 Å². The second-order valence-electron chi connectivity index (χ2n) is 3.04. The van der Waals surface area contributed by atoms with Crippen LogP contribution in [0.3, 0.4) is 0 Å². The van der Waals surface area contributed by atoms with Crippen LogP contribution in [0, 0.1) is 6.92 Å². The number of thiazole rings is 1. The topological polar surface area (TPSA) is 43.3 Å². The zero-order chi connectivity index (χ0) is 9.97. The molecule has 2 heterocycles. The van der Waals surface area contributed by atoms with Crippen LogP contribution in [0.15, 0.2) is 11.6 Å². The number of imidazole rings is 1. The van der Waals surface area contributed by atoms with E-state index in [9.17, 15) is 0 Å². The van der Waals surface area contributed by atoms with Crippen molar-refractivity contribution in [1.82, 2.24) is 9.38 Å². The number of rotatable bonds is 4. The highest BCUT2D eigenvalue weighted by Gasteiger charge is 2.08. The third-order valence-electron chi connectivity index (χ3n) is 2.06. The number of fused-ring (bicyclic) bond motifs is 1. The van der Waals surface area contributed by atoms with Gasteiger partial charge in [-0.1, -0.05) is 0 Å². The van der Waals surface area contributed by atoms with Crippen LogP contribution in [0.5, 0.6) is 0 Å². The summed E-state index contributed by atoms with van der Waals surface area (Å²) in [6.45, 7) is 2.81. The summed E-state index contributed by atoms with van der Waals surface area (Å²) >= 11 is 3.54. The van der Waals surface area contributed by atoms with Gasteiger partial charge >= 0.3 is 0 Å². The first kappa shape index (κ1) is 10.0. The Morgan fingerprint density at radius 1 is 1.64 bits per heavy atom.